The molecule has 0 saturated carbocycles. The van der Waals surface area contributed by atoms with E-state index in [4.69, 9.17) is 11.1 Å². The molecule has 0 saturated heterocycles. The van der Waals surface area contributed by atoms with Gasteiger partial charge in [0.05, 0.1) is 16.7 Å². The maximum Gasteiger partial charge on any atom is 0.0565 e. The molecule has 0 aromatic heterocycles. The van der Waals surface area contributed by atoms with Gasteiger partial charge in [-0.2, -0.15) is 0 Å². The van der Waals surface area contributed by atoms with E-state index >= 15 is 0 Å². The molecule has 0 spiro atoms. The molecule has 0 unspecified atom stereocenters. The Bertz CT molecular complexity index is 1130. The van der Waals surface area contributed by atoms with Gasteiger partial charge >= 0.3 is 0 Å². The lowest BCUT2D eigenvalue weighted by atomic mass is 9.94. The lowest BCUT2D eigenvalue weighted by Gasteiger charge is -2.24. The predicted octanol–water partition coefficient (Wildman–Crippen LogP) is 6.63. The van der Waals surface area contributed by atoms with Crippen LogP contribution in [-0.2, 0) is 6.54 Å². The van der Waals surface area contributed by atoms with E-state index in [0.717, 1.165) is 24.3 Å². The average molecular weight is 450 g/mol. The summed E-state index contributed by atoms with van der Waals surface area (Å²) < 4.78 is 2.40. The summed E-state index contributed by atoms with van der Waals surface area (Å²) in [4.78, 5) is 0. The second-order valence-electron chi connectivity index (χ2n) is 7.46. The Morgan fingerprint density at radius 3 is 2.41 bits per heavy atom. The second kappa shape index (κ2) is 9.27. The van der Waals surface area contributed by atoms with Crippen molar-refractivity contribution in [2.75, 3.05) is 5.73 Å². The number of nitrogens with zero attached hydrogens (tertiary/aromatic N) is 1. The minimum Gasteiger partial charge on any atom is -0.399 e. The Morgan fingerprint density at radius 1 is 0.862 bits per heavy atom. The normalized spacial score (nSPS) is 10.9. The van der Waals surface area contributed by atoms with Crippen LogP contribution in [0.2, 0.25) is 0 Å². The number of aromatic nitrogens is 1. The van der Waals surface area contributed by atoms with E-state index in [1.807, 2.05) is 18.2 Å². The van der Waals surface area contributed by atoms with Gasteiger partial charge in [0.2, 0.25) is 0 Å². The number of hydrogen-bond donors (Lipinski definition) is 2. The van der Waals surface area contributed by atoms with Crippen molar-refractivity contribution in [3.8, 4) is 22.5 Å². The molecule has 3 N–H and O–H groups in total. The summed E-state index contributed by atoms with van der Waals surface area (Å²) in [6, 6.07) is 22.7. The topological polar surface area (TPSA) is 54.8 Å². The quantitative estimate of drug-likeness (QED) is 0.193. The molecule has 0 radical (unpaired) electrons. The lowest BCUT2D eigenvalue weighted by molar-refractivity contribution is 0.588. The molecule has 0 atom stereocenters. The highest BCUT2D eigenvalue weighted by Crippen LogP contribution is 2.39. The van der Waals surface area contributed by atoms with Gasteiger partial charge in [0.1, 0.15) is 0 Å². The van der Waals surface area contributed by atoms with E-state index in [1.165, 1.54) is 46.9 Å². The third-order valence-corrected chi connectivity index (χ3v) is 5.43. The molecule has 1 aliphatic heterocycles. The monoisotopic (exact) mass is 449 g/mol. The first kappa shape index (κ1) is 21.1. The summed E-state index contributed by atoms with van der Waals surface area (Å²) in [7, 11) is 0. The standard InChI is InChI=1S/C25H27N3.BrH/c1-2-3-4-8-15-28-24-17-20(27)12-14-22(24)21-13-11-19(26)16-23(21)25(28)18-9-6-5-7-10-18;/h5-7,9-14,16-17,27H,2-4,8,15,26H2,1H3;1H. The number of fused-ring (bicyclic) bond motifs is 3. The van der Waals surface area contributed by atoms with Crippen LogP contribution in [0.3, 0.4) is 0 Å². The average Bonchev–Trinajstić information content (AvgIpc) is 2.71. The number of pyridine rings is 1. The smallest absolute Gasteiger partial charge is 0.0565 e. The van der Waals surface area contributed by atoms with Crippen molar-refractivity contribution in [3.63, 3.8) is 0 Å². The first-order valence-electron chi connectivity index (χ1n) is 10.1. The van der Waals surface area contributed by atoms with Crippen molar-refractivity contribution in [1.82, 2.24) is 4.57 Å². The highest BCUT2D eigenvalue weighted by atomic mass is 79.9. The third kappa shape index (κ3) is 4.23. The maximum absolute atomic E-state index is 8.20. The lowest BCUT2D eigenvalue weighted by Crippen LogP contribution is -2.12. The maximum atomic E-state index is 8.20. The number of nitrogens with two attached hydrogens (primary N) is 1. The van der Waals surface area contributed by atoms with Crippen LogP contribution in [-0.4, -0.2) is 4.57 Å². The van der Waals surface area contributed by atoms with Gasteiger partial charge in [-0.3, -0.25) is 0 Å². The SMILES string of the molecule is Br.CCCCCCn1c2cc(=N)ccc-2c2ccc(N)cc2c1-c1ccccc1. The van der Waals surface area contributed by atoms with Crippen LogP contribution < -0.4 is 11.1 Å². The van der Waals surface area contributed by atoms with Crippen molar-refractivity contribution in [1.29, 1.82) is 5.41 Å². The first-order valence-corrected chi connectivity index (χ1v) is 10.1. The molecule has 1 heterocycles. The van der Waals surface area contributed by atoms with Gasteiger partial charge in [-0.15, -0.1) is 17.0 Å². The van der Waals surface area contributed by atoms with E-state index in [-0.39, 0.29) is 17.0 Å². The molecule has 2 aromatic rings. The number of anilines is 1. The molecule has 2 aliphatic rings. The summed E-state index contributed by atoms with van der Waals surface area (Å²) in [5.74, 6) is 0. The predicted molar refractivity (Wildman–Crippen MR) is 129 cm³/mol. The Kier molecular flexibility index (Phi) is 6.75. The van der Waals surface area contributed by atoms with Crippen LogP contribution in [0.15, 0.2) is 66.7 Å². The summed E-state index contributed by atoms with van der Waals surface area (Å²) in [6.45, 7) is 3.18. The van der Waals surface area contributed by atoms with E-state index in [9.17, 15) is 0 Å². The third-order valence-electron chi connectivity index (χ3n) is 5.43. The molecule has 4 heteroatoms. The molecule has 3 nitrogen and oxygen atoms in total. The van der Waals surface area contributed by atoms with Crippen LogP contribution in [0.1, 0.15) is 32.6 Å². The van der Waals surface area contributed by atoms with Gasteiger partial charge in [0.15, 0.2) is 0 Å². The molecule has 2 aromatic carbocycles. The first-order chi connectivity index (χ1) is 13.7. The van der Waals surface area contributed by atoms with Crippen LogP contribution in [0.25, 0.3) is 33.3 Å². The van der Waals surface area contributed by atoms with Gasteiger partial charge in [-0.25, -0.2) is 0 Å². The zero-order valence-electron chi connectivity index (χ0n) is 16.8. The van der Waals surface area contributed by atoms with Crippen LogP contribution in [0, 0.1) is 5.41 Å². The number of halogens is 1. The highest BCUT2D eigenvalue weighted by Gasteiger charge is 2.18. The molecular formula is C25H28BrN3. The molecule has 0 bridgehead atoms. The number of rotatable bonds is 6. The van der Waals surface area contributed by atoms with E-state index < -0.39 is 0 Å². The summed E-state index contributed by atoms with van der Waals surface area (Å²) >= 11 is 0. The number of unbranched alkanes of at least 4 members (excludes halogenated alkanes) is 3. The summed E-state index contributed by atoms with van der Waals surface area (Å²) in [5, 5.41) is 11.1. The van der Waals surface area contributed by atoms with Gasteiger partial charge in [0, 0.05) is 23.2 Å². The molecule has 0 fully saturated rings. The van der Waals surface area contributed by atoms with Crippen LogP contribution >= 0.6 is 17.0 Å². The zero-order chi connectivity index (χ0) is 19.5. The Hall–Kier alpha value is -2.59. The van der Waals surface area contributed by atoms with Gasteiger partial charge in [-0.05, 0) is 41.6 Å². The molecule has 0 amide bonds. The van der Waals surface area contributed by atoms with Crippen LogP contribution in [0.5, 0.6) is 0 Å². The Labute approximate surface area is 182 Å². The molecule has 4 rings (SSSR count). The van der Waals surface area contributed by atoms with Gasteiger partial charge in [0.25, 0.3) is 0 Å². The molecule has 1 aliphatic carbocycles. The molecular weight excluding hydrogens is 422 g/mol. The number of nitrogen functional groups attached to an aromatic ring is 1. The zero-order valence-corrected chi connectivity index (χ0v) is 18.5. The highest BCUT2D eigenvalue weighted by molar-refractivity contribution is 8.93. The fourth-order valence-electron chi connectivity index (χ4n) is 4.08. The van der Waals surface area contributed by atoms with Gasteiger partial charge < -0.3 is 15.7 Å². The largest absolute Gasteiger partial charge is 0.399 e. The van der Waals surface area contributed by atoms with Crippen LogP contribution in [0.4, 0.5) is 5.69 Å². The fourth-order valence-corrected chi connectivity index (χ4v) is 4.08. The van der Waals surface area contributed by atoms with Crippen molar-refractivity contribution in [3.05, 3.63) is 72.1 Å². The number of hydrogen-bond acceptors (Lipinski definition) is 2. The number of benzene rings is 3. The second-order valence-corrected chi connectivity index (χ2v) is 7.46. The van der Waals surface area contributed by atoms with E-state index in [1.54, 1.807) is 0 Å². The Morgan fingerprint density at radius 2 is 1.66 bits per heavy atom. The van der Waals surface area contributed by atoms with Crippen molar-refractivity contribution >= 4 is 33.4 Å². The van der Waals surface area contributed by atoms with Gasteiger partial charge in [-0.1, -0.05) is 68.7 Å². The molecule has 150 valence electrons. The minimum absolute atomic E-state index is 0. The van der Waals surface area contributed by atoms with Crippen molar-refractivity contribution in [2.24, 2.45) is 0 Å². The van der Waals surface area contributed by atoms with E-state index in [0.29, 0.717) is 5.36 Å². The van der Waals surface area contributed by atoms with Crippen molar-refractivity contribution < 1.29 is 0 Å². The summed E-state index contributed by atoms with van der Waals surface area (Å²) in [6.07, 6.45) is 4.82. The van der Waals surface area contributed by atoms with E-state index in [2.05, 4.69) is 60.0 Å². The minimum atomic E-state index is 0. The number of nitrogens with one attached hydrogen (secondary N) is 1. The fraction of sp³-hybridized carbons (Fsp3) is 0.240. The van der Waals surface area contributed by atoms with Crippen molar-refractivity contribution in [2.45, 2.75) is 39.2 Å². The summed E-state index contributed by atoms with van der Waals surface area (Å²) in [5.41, 5.74) is 11.7. The molecule has 29 heavy (non-hydrogen) atoms. The Balaban J connectivity index is 0.00000240.